The molecule has 0 aliphatic carbocycles. The van der Waals surface area contributed by atoms with E-state index in [1.54, 1.807) is 11.6 Å². The SMILES string of the molecule is CN1CCc2c(sc(NC(=O)c3ccc4ncsc4c3)c2C(N)=O)C1. The molecule has 0 saturated carbocycles. The van der Waals surface area contributed by atoms with Gasteiger partial charge in [-0.15, -0.1) is 22.7 Å². The molecule has 4 rings (SSSR count). The number of nitrogens with two attached hydrogens (primary N) is 1. The van der Waals surface area contributed by atoms with E-state index in [9.17, 15) is 9.59 Å². The van der Waals surface area contributed by atoms with Gasteiger partial charge in [0.15, 0.2) is 0 Å². The van der Waals surface area contributed by atoms with Crippen LogP contribution in [0.3, 0.4) is 0 Å². The van der Waals surface area contributed by atoms with E-state index in [4.69, 9.17) is 5.73 Å². The maximum absolute atomic E-state index is 12.6. The Hall–Kier alpha value is -2.29. The topological polar surface area (TPSA) is 88.3 Å². The van der Waals surface area contributed by atoms with Crippen molar-refractivity contribution in [3.8, 4) is 0 Å². The second-order valence-corrected chi connectivity index (χ2v) is 8.04. The minimum atomic E-state index is -0.490. The van der Waals surface area contributed by atoms with Crippen molar-refractivity contribution >= 4 is 49.7 Å². The molecule has 2 aromatic heterocycles. The summed E-state index contributed by atoms with van der Waals surface area (Å²) in [6.07, 6.45) is 0.767. The smallest absolute Gasteiger partial charge is 0.256 e. The number of amides is 2. The van der Waals surface area contributed by atoms with Crippen molar-refractivity contribution in [1.29, 1.82) is 0 Å². The van der Waals surface area contributed by atoms with Crippen molar-refractivity contribution < 1.29 is 9.59 Å². The lowest BCUT2D eigenvalue weighted by Crippen LogP contribution is -2.27. The fourth-order valence-corrected chi connectivity index (χ4v) is 5.10. The number of aromatic nitrogens is 1. The Labute approximate surface area is 152 Å². The molecule has 3 heterocycles. The number of rotatable bonds is 3. The van der Waals surface area contributed by atoms with E-state index in [-0.39, 0.29) is 5.91 Å². The van der Waals surface area contributed by atoms with Crippen LogP contribution in [0.5, 0.6) is 0 Å². The highest BCUT2D eigenvalue weighted by atomic mass is 32.1. The predicted molar refractivity (Wildman–Crippen MR) is 100 cm³/mol. The summed E-state index contributed by atoms with van der Waals surface area (Å²) < 4.78 is 0.954. The van der Waals surface area contributed by atoms with Gasteiger partial charge in [-0.3, -0.25) is 9.59 Å². The van der Waals surface area contributed by atoms with Crippen LogP contribution < -0.4 is 11.1 Å². The summed E-state index contributed by atoms with van der Waals surface area (Å²) in [4.78, 5) is 32.1. The number of nitrogens with one attached hydrogen (secondary N) is 1. The molecule has 8 heteroatoms. The minimum Gasteiger partial charge on any atom is -0.365 e. The van der Waals surface area contributed by atoms with E-state index < -0.39 is 5.91 Å². The first kappa shape index (κ1) is 16.2. The highest BCUT2D eigenvalue weighted by Gasteiger charge is 2.26. The lowest BCUT2D eigenvalue weighted by molar-refractivity contribution is 0.1000. The number of thiazole rings is 1. The summed E-state index contributed by atoms with van der Waals surface area (Å²) in [5, 5.41) is 3.43. The standard InChI is InChI=1S/C17H16N4O2S2/c1-21-5-4-10-13(7-21)25-17(14(10)15(18)22)20-16(23)9-2-3-11-12(6-9)24-8-19-11/h2-3,6,8H,4-5,7H2,1H3,(H2,18,22)(H,20,23). The van der Waals surface area contributed by atoms with Crippen molar-refractivity contribution in [2.24, 2.45) is 5.73 Å². The summed E-state index contributed by atoms with van der Waals surface area (Å²) in [5.74, 6) is -0.736. The van der Waals surface area contributed by atoms with E-state index in [0.29, 0.717) is 16.1 Å². The van der Waals surface area contributed by atoms with E-state index in [1.165, 1.54) is 22.7 Å². The summed E-state index contributed by atoms with van der Waals surface area (Å²) in [5.41, 5.74) is 10.2. The Morgan fingerprint density at radius 2 is 2.20 bits per heavy atom. The maximum atomic E-state index is 12.6. The molecule has 0 atom stereocenters. The number of carbonyl (C=O) groups excluding carboxylic acids is 2. The number of fused-ring (bicyclic) bond motifs is 2. The van der Waals surface area contributed by atoms with Gasteiger partial charge in [0, 0.05) is 23.5 Å². The van der Waals surface area contributed by atoms with E-state index >= 15 is 0 Å². The monoisotopic (exact) mass is 372 g/mol. The zero-order valence-corrected chi connectivity index (χ0v) is 15.2. The Balaban J connectivity index is 1.67. The van der Waals surface area contributed by atoms with Crippen molar-refractivity contribution in [2.45, 2.75) is 13.0 Å². The maximum Gasteiger partial charge on any atom is 0.256 e. The van der Waals surface area contributed by atoms with Gasteiger partial charge >= 0.3 is 0 Å². The highest BCUT2D eigenvalue weighted by molar-refractivity contribution is 7.17. The molecule has 0 unspecified atom stereocenters. The van der Waals surface area contributed by atoms with Crippen LogP contribution in [0, 0.1) is 0 Å². The number of nitrogens with zero attached hydrogens (tertiary/aromatic N) is 2. The summed E-state index contributed by atoms with van der Waals surface area (Å²) >= 11 is 2.93. The number of carbonyl (C=O) groups is 2. The van der Waals surface area contributed by atoms with E-state index in [2.05, 4.69) is 15.2 Å². The van der Waals surface area contributed by atoms with Gasteiger partial charge in [-0.1, -0.05) is 0 Å². The van der Waals surface area contributed by atoms with Crippen LogP contribution in [-0.4, -0.2) is 35.3 Å². The minimum absolute atomic E-state index is 0.246. The molecule has 0 radical (unpaired) electrons. The third-order valence-corrected chi connectivity index (χ3v) is 6.24. The van der Waals surface area contributed by atoms with Gasteiger partial charge in [0.05, 0.1) is 21.3 Å². The number of hydrogen-bond donors (Lipinski definition) is 2. The van der Waals surface area contributed by atoms with Crippen LogP contribution in [0.25, 0.3) is 10.2 Å². The van der Waals surface area contributed by atoms with Gasteiger partial charge in [-0.05, 0) is 37.2 Å². The molecular weight excluding hydrogens is 356 g/mol. The lowest BCUT2D eigenvalue weighted by atomic mass is 10.0. The fraction of sp³-hybridized carbons (Fsp3) is 0.235. The molecule has 0 spiro atoms. The molecule has 1 aliphatic rings. The van der Waals surface area contributed by atoms with Crippen LogP contribution in [-0.2, 0) is 13.0 Å². The Kier molecular flexibility index (Phi) is 4.03. The number of benzene rings is 1. The van der Waals surface area contributed by atoms with E-state index in [1.807, 2.05) is 19.2 Å². The molecule has 0 saturated heterocycles. The van der Waals surface area contributed by atoms with Crippen molar-refractivity contribution in [3.05, 3.63) is 45.3 Å². The van der Waals surface area contributed by atoms with Crippen LogP contribution in [0.1, 0.15) is 31.2 Å². The number of primary amides is 1. The fourth-order valence-electron chi connectivity index (χ4n) is 3.05. The third kappa shape index (κ3) is 2.92. The van der Waals surface area contributed by atoms with Gasteiger partial charge in [-0.2, -0.15) is 0 Å². The molecule has 1 aromatic carbocycles. The molecule has 3 aromatic rings. The van der Waals surface area contributed by atoms with Gasteiger partial charge in [0.2, 0.25) is 0 Å². The van der Waals surface area contributed by atoms with Gasteiger partial charge in [-0.25, -0.2) is 4.98 Å². The Bertz CT molecular complexity index is 992. The van der Waals surface area contributed by atoms with Gasteiger partial charge in [0.1, 0.15) is 5.00 Å². The van der Waals surface area contributed by atoms with Crippen LogP contribution >= 0.6 is 22.7 Å². The molecule has 6 nitrogen and oxygen atoms in total. The van der Waals surface area contributed by atoms with Crippen molar-refractivity contribution in [3.63, 3.8) is 0 Å². The zero-order chi connectivity index (χ0) is 17.6. The average molecular weight is 372 g/mol. The summed E-state index contributed by atoms with van der Waals surface area (Å²) in [6, 6.07) is 5.38. The molecule has 0 fully saturated rings. The number of anilines is 1. The summed E-state index contributed by atoms with van der Waals surface area (Å²) in [7, 11) is 2.04. The second-order valence-electron chi connectivity index (χ2n) is 6.05. The predicted octanol–water partition coefficient (Wildman–Crippen LogP) is 2.70. The zero-order valence-electron chi connectivity index (χ0n) is 13.5. The van der Waals surface area contributed by atoms with Gasteiger partial charge < -0.3 is 16.0 Å². The second kappa shape index (κ2) is 6.21. The molecule has 0 bridgehead atoms. The molecular formula is C17H16N4O2S2. The summed E-state index contributed by atoms with van der Waals surface area (Å²) in [6.45, 7) is 1.64. The third-order valence-electron chi connectivity index (χ3n) is 4.31. The van der Waals surface area contributed by atoms with Crippen LogP contribution in [0.15, 0.2) is 23.7 Å². The van der Waals surface area contributed by atoms with Crippen molar-refractivity contribution in [2.75, 3.05) is 18.9 Å². The largest absolute Gasteiger partial charge is 0.365 e. The molecule has 128 valence electrons. The Morgan fingerprint density at radius 3 is 3.00 bits per heavy atom. The van der Waals surface area contributed by atoms with Crippen LogP contribution in [0.4, 0.5) is 5.00 Å². The number of likely N-dealkylation sites (N-methyl/N-ethyl adjacent to an activating group) is 1. The Morgan fingerprint density at radius 1 is 1.36 bits per heavy atom. The van der Waals surface area contributed by atoms with E-state index in [0.717, 1.165) is 40.2 Å². The quantitative estimate of drug-likeness (QED) is 0.740. The first-order valence-corrected chi connectivity index (χ1v) is 9.50. The first-order chi connectivity index (χ1) is 12.0. The number of hydrogen-bond acceptors (Lipinski definition) is 6. The average Bonchev–Trinajstić information content (AvgIpc) is 3.17. The molecule has 2 amide bonds. The highest BCUT2D eigenvalue weighted by Crippen LogP contribution is 2.37. The molecule has 1 aliphatic heterocycles. The lowest BCUT2D eigenvalue weighted by Gasteiger charge is -2.22. The molecule has 3 N–H and O–H groups in total. The van der Waals surface area contributed by atoms with Crippen molar-refractivity contribution in [1.82, 2.24) is 9.88 Å². The molecule has 25 heavy (non-hydrogen) atoms. The number of thiophene rings is 1. The van der Waals surface area contributed by atoms with Crippen LogP contribution in [0.2, 0.25) is 0 Å². The van der Waals surface area contributed by atoms with Gasteiger partial charge in [0.25, 0.3) is 11.8 Å². The first-order valence-electron chi connectivity index (χ1n) is 7.80. The normalized spacial score (nSPS) is 14.4.